The summed E-state index contributed by atoms with van der Waals surface area (Å²) in [7, 11) is 0. The molecule has 4 nitrogen and oxygen atoms in total. The van der Waals surface area contributed by atoms with Crippen LogP contribution in [0, 0.1) is 6.92 Å². The Bertz CT molecular complexity index is 815. The fourth-order valence-corrected chi connectivity index (χ4v) is 3.58. The number of rotatable bonds is 7. The van der Waals surface area contributed by atoms with Gasteiger partial charge in [-0.1, -0.05) is 36.4 Å². The van der Waals surface area contributed by atoms with Crippen LogP contribution < -0.4 is 5.32 Å². The zero-order valence-corrected chi connectivity index (χ0v) is 15.1. The monoisotopic (exact) mass is 351 g/mol. The molecule has 0 bridgehead atoms. The molecule has 1 amide bonds. The SMILES string of the molecule is Cc1nc(CCc2ccccn2)sc1C(=O)NCCc1ccccc1. The first-order chi connectivity index (χ1) is 12.2. The number of aromatic nitrogens is 2. The molecule has 5 heteroatoms. The number of thiazole rings is 1. The van der Waals surface area contributed by atoms with Gasteiger partial charge in [0.15, 0.2) is 0 Å². The van der Waals surface area contributed by atoms with Crippen molar-refractivity contribution in [2.45, 2.75) is 26.2 Å². The molecule has 2 aromatic heterocycles. The van der Waals surface area contributed by atoms with Crippen LogP contribution in [0.5, 0.6) is 0 Å². The molecule has 2 heterocycles. The molecule has 0 aliphatic rings. The molecule has 128 valence electrons. The molecule has 0 aliphatic carbocycles. The second-order valence-corrected chi connectivity index (χ2v) is 6.92. The first kappa shape index (κ1) is 17.3. The third kappa shape index (κ3) is 4.97. The van der Waals surface area contributed by atoms with Crippen molar-refractivity contribution in [1.82, 2.24) is 15.3 Å². The molecule has 0 saturated heterocycles. The molecule has 0 atom stereocenters. The number of hydrogen-bond acceptors (Lipinski definition) is 4. The van der Waals surface area contributed by atoms with Crippen molar-refractivity contribution in [3.63, 3.8) is 0 Å². The second kappa shape index (κ2) is 8.53. The summed E-state index contributed by atoms with van der Waals surface area (Å²) in [5.41, 5.74) is 3.07. The van der Waals surface area contributed by atoms with Gasteiger partial charge >= 0.3 is 0 Å². The maximum absolute atomic E-state index is 12.4. The van der Waals surface area contributed by atoms with Crippen molar-refractivity contribution >= 4 is 17.2 Å². The average molecular weight is 351 g/mol. The predicted molar refractivity (Wildman–Crippen MR) is 101 cm³/mol. The molecule has 0 fully saturated rings. The zero-order chi connectivity index (χ0) is 17.5. The van der Waals surface area contributed by atoms with Crippen molar-refractivity contribution < 1.29 is 4.79 Å². The topological polar surface area (TPSA) is 54.9 Å². The van der Waals surface area contributed by atoms with Crippen LogP contribution in [0.25, 0.3) is 0 Å². The van der Waals surface area contributed by atoms with E-state index in [0.29, 0.717) is 11.4 Å². The van der Waals surface area contributed by atoms with Gasteiger partial charge in [-0.3, -0.25) is 9.78 Å². The number of benzene rings is 1. The van der Waals surface area contributed by atoms with Gasteiger partial charge in [-0.15, -0.1) is 11.3 Å². The van der Waals surface area contributed by atoms with Crippen LogP contribution in [0.1, 0.15) is 31.6 Å². The minimum absolute atomic E-state index is 0.0324. The Labute approximate surface area is 152 Å². The van der Waals surface area contributed by atoms with Crippen LogP contribution in [0.4, 0.5) is 0 Å². The highest BCUT2D eigenvalue weighted by molar-refractivity contribution is 7.13. The van der Waals surface area contributed by atoms with E-state index in [2.05, 4.69) is 27.4 Å². The van der Waals surface area contributed by atoms with Crippen LogP contribution >= 0.6 is 11.3 Å². The number of carbonyl (C=O) groups excluding carboxylic acids is 1. The van der Waals surface area contributed by atoms with Gasteiger partial charge in [0.05, 0.1) is 10.7 Å². The van der Waals surface area contributed by atoms with Crippen LogP contribution in [-0.4, -0.2) is 22.4 Å². The largest absolute Gasteiger partial charge is 0.351 e. The molecular formula is C20H21N3OS. The molecule has 3 aromatic rings. The molecule has 3 rings (SSSR count). The van der Waals surface area contributed by atoms with E-state index >= 15 is 0 Å². The van der Waals surface area contributed by atoms with E-state index in [-0.39, 0.29) is 5.91 Å². The number of amides is 1. The Balaban J connectivity index is 1.53. The number of nitrogens with one attached hydrogen (secondary N) is 1. The fourth-order valence-electron chi connectivity index (χ4n) is 2.60. The number of aryl methyl sites for hydroxylation is 3. The van der Waals surface area contributed by atoms with Gasteiger partial charge in [0.2, 0.25) is 0 Å². The standard InChI is InChI=1S/C20H21N3OS/c1-15-19(20(24)22-14-12-16-7-3-2-4-8-16)25-18(23-15)11-10-17-9-5-6-13-21-17/h2-9,13H,10-12,14H2,1H3,(H,22,24). The number of carbonyl (C=O) groups is 1. The van der Waals surface area contributed by atoms with Crippen molar-refractivity contribution in [2.75, 3.05) is 6.54 Å². The van der Waals surface area contributed by atoms with Gasteiger partial charge < -0.3 is 5.32 Å². The summed E-state index contributed by atoms with van der Waals surface area (Å²) in [6.45, 7) is 2.52. The van der Waals surface area contributed by atoms with E-state index in [0.717, 1.165) is 35.7 Å². The fraction of sp³-hybridized carbons (Fsp3) is 0.250. The lowest BCUT2D eigenvalue weighted by molar-refractivity contribution is 0.0957. The lowest BCUT2D eigenvalue weighted by Crippen LogP contribution is -2.25. The normalized spacial score (nSPS) is 10.6. The minimum atomic E-state index is -0.0324. The molecule has 25 heavy (non-hydrogen) atoms. The molecule has 0 unspecified atom stereocenters. The highest BCUT2D eigenvalue weighted by Gasteiger charge is 2.15. The van der Waals surface area contributed by atoms with Gasteiger partial charge in [-0.25, -0.2) is 4.98 Å². The molecule has 0 spiro atoms. The summed E-state index contributed by atoms with van der Waals surface area (Å²) in [4.78, 5) is 22.0. The third-order valence-electron chi connectivity index (χ3n) is 3.91. The third-order valence-corrected chi connectivity index (χ3v) is 5.13. The second-order valence-electron chi connectivity index (χ2n) is 5.83. The molecule has 1 aromatic carbocycles. The summed E-state index contributed by atoms with van der Waals surface area (Å²) < 4.78 is 0. The van der Waals surface area contributed by atoms with Gasteiger partial charge in [0.25, 0.3) is 5.91 Å². The lowest BCUT2D eigenvalue weighted by atomic mass is 10.1. The quantitative estimate of drug-likeness (QED) is 0.707. The summed E-state index contributed by atoms with van der Waals surface area (Å²) in [5, 5.41) is 3.98. The molecule has 0 radical (unpaired) electrons. The number of nitrogens with zero attached hydrogens (tertiary/aromatic N) is 2. The minimum Gasteiger partial charge on any atom is -0.351 e. The van der Waals surface area contributed by atoms with Crippen molar-refractivity contribution in [2.24, 2.45) is 0 Å². The average Bonchev–Trinajstić information content (AvgIpc) is 3.02. The van der Waals surface area contributed by atoms with Gasteiger partial charge in [-0.2, -0.15) is 0 Å². The van der Waals surface area contributed by atoms with E-state index in [1.165, 1.54) is 16.9 Å². The van der Waals surface area contributed by atoms with E-state index in [9.17, 15) is 4.79 Å². The van der Waals surface area contributed by atoms with Gasteiger partial charge in [0, 0.05) is 24.9 Å². The summed E-state index contributed by atoms with van der Waals surface area (Å²) in [6.07, 6.45) is 4.27. The maximum Gasteiger partial charge on any atom is 0.263 e. The van der Waals surface area contributed by atoms with Gasteiger partial charge in [0.1, 0.15) is 4.88 Å². The highest BCUT2D eigenvalue weighted by atomic mass is 32.1. The van der Waals surface area contributed by atoms with Crippen molar-refractivity contribution in [3.05, 3.63) is 81.6 Å². The van der Waals surface area contributed by atoms with E-state index < -0.39 is 0 Å². The van der Waals surface area contributed by atoms with E-state index in [4.69, 9.17) is 0 Å². The Morgan fingerprint density at radius 2 is 1.84 bits per heavy atom. The lowest BCUT2D eigenvalue weighted by Gasteiger charge is -2.04. The molecule has 1 N–H and O–H groups in total. The predicted octanol–water partition coefficient (Wildman–Crippen LogP) is 3.60. The van der Waals surface area contributed by atoms with Crippen LogP contribution in [0.2, 0.25) is 0 Å². The summed E-state index contributed by atoms with van der Waals surface area (Å²) in [5.74, 6) is -0.0324. The first-order valence-electron chi connectivity index (χ1n) is 8.40. The maximum atomic E-state index is 12.4. The van der Waals surface area contributed by atoms with Gasteiger partial charge in [-0.05, 0) is 37.5 Å². The van der Waals surface area contributed by atoms with Crippen LogP contribution in [-0.2, 0) is 19.3 Å². The Morgan fingerprint density at radius 3 is 2.60 bits per heavy atom. The van der Waals surface area contributed by atoms with Crippen LogP contribution in [0.15, 0.2) is 54.7 Å². The summed E-state index contributed by atoms with van der Waals surface area (Å²) >= 11 is 1.48. The van der Waals surface area contributed by atoms with E-state index in [1.807, 2.05) is 43.3 Å². The number of pyridine rings is 1. The molecular weight excluding hydrogens is 330 g/mol. The Hall–Kier alpha value is -2.53. The highest BCUT2D eigenvalue weighted by Crippen LogP contribution is 2.19. The zero-order valence-electron chi connectivity index (χ0n) is 14.2. The number of hydrogen-bond donors (Lipinski definition) is 1. The molecule has 0 aliphatic heterocycles. The Morgan fingerprint density at radius 1 is 1.04 bits per heavy atom. The van der Waals surface area contributed by atoms with E-state index in [1.54, 1.807) is 6.20 Å². The first-order valence-corrected chi connectivity index (χ1v) is 9.22. The van der Waals surface area contributed by atoms with Crippen molar-refractivity contribution in [3.8, 4) is 0 Å². The van der Waals surface area contributed by atoms with Crippen LogP contribution in [0.3, 0.4) is 0 Å². The van der Waals surface area contributed by atoms with Crippen molar-refractivity contribution in [1.29, 1.82) is 0 Å². The Kier molecular flexibility index (Phi) is 5.90. The summed E-state index contributed by atoms with van der Waals surface area (Å²) in [6, 6.07) is 16.1. The molecule has 0 saturated carbocycles. The smallest absolute Gasteiger partial charge is 0.263 e.